The van der Waals surface area contributed by atoms with Crippen LogP contribution in [-0.2, 0) is 9.59 Å². The van der Waals surface area contributed by atoms with Crippen LogP contribution in [0.2, 0.25) is 0 Å². The molecule has 7 heteroatoms. The average molecular weight is 294 g/mol. The van der Waals surface area contributed by atoms with Gasteiger partial charge in [0.2, 0.25) is 0 Å². The van der Waals surface area contributed by atoms with Crippen molar-refractivity contribution in [2.75, 3.05) is 6.61 Å². The number of hydrogen-bond acceptors (Lipinski definition) is 4. The van der Waals surface area contributed by atoms with E-state index in [9.17, 15) is 14.4 Å². The zero-order valence-electron chi connectivity index (χ0n) is 11.7. The summed E-state index contributed by atoms with van der Waals surface area (Å²) in [7, 11) is 0. The Kier molecular flexibility index (Phi) is 6.19. The van der Waals surface area contributed by atoms with Crippen LogP contribution in [0.25, 0.3) is 0 Å². The van der Waals surface area contributed by atoms with Gasteiger partial charge in [0.05, 0.1) is 6.42 Å². The summed E-state index contributed by atoms with van der Waals surface area (Å²) in [5.41, 5.74) is 5.33. The van der Waals surface area contributed by atoms with Gasteiger partial charge in [0.15, 0.2) is 6.61 Å². The van der Waals surface area contributed by atoms with Gasteiger partial charge >= 0.3 is 5.97 Å². The van der Waals surface area contributed by atoms with Crippen LogP contribution >= 0.6 is 0 Å². The molecule has 1 atom stereocenters. The molecular weight excluding hydrogens is 276 g/mol. The number of aliphatic carboxylic acids is 1. The van der Waals surface area contributed by atoms with Crippen LogP contribution in [0.3, 0.4) is 0 Å². The Morgan fingerprint density at radius 1 is 1.29 bits per heavy atom. The summed E-state index contributed by atoms with van der Waals surface area (Å²) in [6, 6.07) is 5.71. The molecule has 2 amide bonds. The largest absolute Gasteiger partial charge is 0.484 e. The van der Waals surface area contributed by atoms with Crippen LogP contribution in [0.5, 0.6) is 5.75 Å². The predicted octanol–water partition coefficient (Wildman–Crippen LogP) is 0.534. The Morgan fingerprint density at radius 3 is 2.38 bits per heavy atom. The summed E-state index contributed by atoms with van der Waals surface area (Å²) in [4.78, 5) is 33.2. The highest BCUT2D eigenvalue weighted by atomic mass is 16.5. The van der Waals surface area contributed by atoms with Gasteiger partial charge < -0.3 is 20.9 Å². The van der Waals surface area contributed by atoms with E-state index in [0.29, 0.717) is 17.7 Å². The maximum absolute atomic E-state index is 12.0. The van der Waals surface area contributed by atoms with Crippen molar-refractivity contribution in [1.29, 1.82) is 0 Å². The molecule has 1 rings (SSSR count). The molecular formula is C14H18N2O5. The van der Waals surface area contributed by atoms with Gasteiger partial charge in [0, 0.05) is 11.6 Å². The zero-order chi connectivity index (χ0) is 15.8. The quantitative estimate of drug-likeness (QED) is 0.646. The number of carbonyl (C=O) groups is 3. The monoisotopic (exact) mass is 294 g/mol. The van der Waals surface area contributed by atoms with Crippen molar-refractivity contribution in [3.05, 3.63) is 29.8 Å². The van der Waals surface area contributed by atoms with E-state index in [4.69, 9.17) is 15.6 Å². The number of carboxylic acids is 1. The molecule has 0 bridgehead atoms. The molecule has 0 saturated carbocycles. The van der Waals surface area contributed by atoms with Crippen molar-refractivity contribution in [1.82, 2.24) is 5.32 Å². The fourth-order valence-electron chi connectivity index (χ4n) is 1.63. The number of rotatable bonds is 8. The number of carbonyl (C=O) groups excluding carboxylic acids is 2. The SMILES string of the molecule is CCC(CC(=O)O)NC(=O)c1ccc(OCC(N)=O)cc1. The molecule has 4 N–H and O–H groups in total. The molecule has 0 radical (unpaired) electrons. The van der Waals surface area contributed by atoms with Crippen LogP contribution in [-0.4, -0.2) is 35.5 Å². The highest BCUT2D eigenvalue weighted by Gasteiger charge is 2.15. The van der Waals surface area contributed by atoms with E-state index >= 15 is 0 Å². The lowest BCUT2D eigenvalue weighted by atomic mass is 10.1. The summed E-state index contributed by atoms with van der Waals surface area (Å²) in [6.07, 6.45) is 0.403. The fraction of sp³-hybridized carbons (Fsp3) is 0.357. The molecule has 21 heavy (non-hydrogen) atoms. The van der Waals surface area contributed by atoms with Crippen LogP contribution in [0.15, 0.2) is 24.3 Å². The minimum Gasteiger partial charge on any atom is -0.484 e. The van der Waals surface area contributed by atoms with Gasteiger partial charge in [-0.3, -0.25) is 14.4 Å². The highest BCUT2D eigenvalue weighted by molar-refractivity contribution is 5.94. The third-order valence-corrected chi connectivity index (χ3v) is 2.75. The second-order valence-electron chi connectivity index (χ2n) is 4.46. The maximum atomic E-state index is 12.0. The Morgan fingerprint density at radius 2 is 1.90 bits per heavy atom. The van der Waals surface area contributed by atoms with Gasteiger partial charge in [-0.05, 0) is 30.7 Å². The van der Waals surface area contributed by atoms with E-state index < -0.39 is 17.9 Å². The minimum atomic E-state index is -0.961. The summed E-state index contributed by atoms with van der Waals surface area (Å²) in [6.45, 7) is 1.57. The number of hydrogen-bond donors (Lipinski definition) is 3. The van der Waals surface area contributed by atoms with Gasteiger partial charge in [-0.15, -0.1) is 0 Å². The van der Waals surface area contributed by atoms with Crippen molar-refractivity contribution in [2.45, 2.75) is 25.8 Å². The number of amides is 2. The average Bonchev–Trinajstić information content (AvgIpc) is 2.44. The molecule has 0 fully saturated rings. The molecule has 1 aromatic carbocycles. The summed E-state index contributed by atoms with van der Waals surface area (Å²) < 4.78 is 5.07. The number of ether oxygens (including phenoxy) is 1. The first-order chi connectivity index (χ1) is 9.92. The zero-order valence-corrected chi connectivity index (χ0v) is 11.7. The second kappa shape index (κ2) is 7.88. The molecule has 1 aromatic rings. The van der Waals surface area contributed by atoms with E-state index in [1.807, 2.05) is 0 Å². The van der Waals surface area contributed by atoms with Gasteiger partial charge in [-0.2, -0.15) is 0 Å². The molecule has 7 nitrogen and oxygen atoms in total. The van der Waals surface area contributed by atoms with E-state index in [0.717, 1.165) is 0 Å². The standard InChI is InChI=1S/C14H18N2O5/c1-2-10(7-13(18)19)16-14(20)9-3-5-11(6-4-9)21-8-12(15)17/h3-6,10H,2,7-8H2,1H3,(H2,15,17)(H,16,20)(H,18,19). The van der Waals surface area contributed by atoms with Crippen molar-refractivity contribution in [3.63, 3.8) is 0 Å². The molecule has 1 unspecified atom stereocenters. The van der Waals surface area contributed by atoms with Crippen LogP contribution in [0.1, 0.15) is 30.1 Å². The number of benzene rings is 1. The number of primary amides is 1. The van der Waals surface area contributed by atoms with E-state index in [-0.39, 0.29) is 18.9 Å². The highest BCUT2D eigenvalue weighted by Crippen LogP contribution is 2.12. The molecule has 0 aliphatic carbocycles. The maximum Gasteiger partial charge on any atom is 0.305 e. The van der Waals surface area contributed by atoms with Crippen LogP contribution < -0.4 is 15.8 Å². The van der Waals surface area contributed by atoms with E-state index in [1.165, 1.54) is 24.3 Å². The number of nitrogens with two attached hydrogens (primary N) is 1. The lowest BCUT2D eigenvalue weighted by Gasteiger charge is -2.14. The van der Waals surface area contributed by atoms with Gasteiger partial charge in [-0.1, -0.05) is 6.92 Å². The third kappa shape index (κ3) is 5.94. The molecule has 0 spiro atoms. The minimum absolute atomic E-state index is 0.123. The molecule has 0 saturated heterocycles. The molecule has 0 aliphatic heterocycles. The van der Waals surface area contributed by atoms with Crippen molar-refractivity contribution in [3.8, 4) is 5.75 Å². The Balaban J connectivity index is 2.61. The molecule has 0 heterocycles. The van der Waals surface area contributed by atoms with Gasteiger partial charge in [-0.25, -0.2) is 0 Å². The van der Waals surface area contributed by atoms with E-state index in [2.05, 4.69) is 5.32 Å². The van der Waals surface area contributed by atoms with Crippen LogP contribution in [0.4, 0.5) is 0 Å². The lowest BCUT2D eigenvalue weighted by molar-refractivity contribution is -0.137. The number of carboxylic acid groups (broad SMARTS) is 1. The molecule has 0 aromatic heterocycles. The van der Waals surface area contributed by atoms with Crippen molar-refractivity contribution in [2.24, 2.45) is 5.73 Å². The van der Waals surface area contributed by atoms with Crippen LogP contribution in [0, 0.1) is 0 Å². The Bertz CT molecular complexity index is 513. The molecule has 114 valence electrons. The topological polar surface area (TPSA) is 119 Å². The first-order valence-electron chi connectivity index (χ1n) is 6.46. The smallest absolute Gasteiger partial charge is 0.305 e. The first kappa shape index (κ1) is 16.5. The molecule has 0 aliphatic rings. The second-order valence-corrected chi connectivity index (χ2v) is 4.46. The van der Waals surface area contributed by atoms with Crippen molar-refractivity contribution >= 4 is 17.8 Å². The van der Waals surface area contributed by atoms with Crippen molar-refractivity contribution < 1.29 is 24.2 Å². The predicted molar refractivity (Wildman–Crippen MR) is 74.9 cm³/mol. The van der Waals surface area contributed by atoms with Gasteiger partial charge in [0.1, 0.15) is 5.75 Å². The Hall–Kier alpha value is -2.57. The lowest BCUT2D eigenvalue weighted by Crippen LogP contribution is -2.36. The normalized spacial score (nSPS) is 11.5. The van der Waals surface area contributed by atoms with E-state index in [1.54, 1.807) is 6.92 Å². The summed E-state index contributed by atoms with van der Waals surface area (Å²) >= 11 is 0. The summed E-state index contributed by atoms with van der Waals surface area (Å²) in [5.74, 6) is -1.49. The fourth-order valence-corrected chi connectivity index (χ4v) is 1.63. The summed E-state index contributed by atoms with van der Waals surface area (Å²) in [5, 5.41) is 11.4. The third-order valence-electron chi connectivity index (χ3n) is 2.75. The number of nitrogens with one attached hydrogen (secondary N) is 1. The van der Waals surface area contributed by atoms with Gasteiger partial charge in [0.25, 0.3) is 11.8 Å². The first-order valence-corrected chi connectivity index (χ1v) is 6.46. The Labute approximate surface area is 122 Å².